The zero-order valence-corrected chi connectivity index (χ0v) is 18.1. The second-order valence-electron chi connectivity index (χ2n) is 7.91. The van der Waals surface area contributed by atoms with E-state index in [0.717, 1.165) is 5.56 Å². The second kappa shape index (κ2) is 10.6. The lowest BCUT2D eigenvalue weighted by Gasteiger charge is -2.43. The Labute approximate surface area is 191 Å². The smallest absolute Gasteiger partial charge is 0.394 e. The highest BCUT2D eigenvalue weighted by Crippen LogP contribution is 2.36. The number of carboxylic acids is 2. The first kappa shape index (κ1) is 23.8. The van der Waals surface area contributed by atoms with Crippen molar-refractivity contribution in [2.45, 2.75) is 32.4 Å². The van der Waals surface area contributed by atoms with Gasteiger partial charge in [0, 0.05) is 13.1 Å². The normalized spacial score (nSPS) is 19.1. The number of carboxylic acid groups (broad SMARTS) is 2. The molecule has 2 aromatic carbocycles. The summed E-state index contributed by atoms with van der Waals surface area (Å²) in [5.41, 5.74) is 0.859. The van der Waals surface area contributed by atoms with E-state index >= 15 is 0 Å². The van der Waals surface area contributed by atoms with Crippen molar-refractivity contribution in [3.63, 3.8) is 0 Å². The van der Waals surface area contributed by atoms with Crippen LogP contribution >= 0.6 is 0 Å². The van der Waals surface area contributed by atoms with E-state index in [1.807, 2.05) is 49.4 Å². The summed E-state index contributed by atoms with van der Waals surface area (Å²) in [4.78, 5) is 48.7. The summed E-state index contributed by atoms with van der Waals surface area (Å²) < 4.78 is 5.78. The number of carbonyl (C=O) groups is 4. The van der Waals surface area contributed by atoms with E-state index in [-0.39, 0.29) is 12.3 Å². The fourth-order valence-electron chi connectivity index (χ4n) is 3.85. The van der Waals surface area contributed by atoms with Crippen LogP contribution in [0.3, 0.4) is 0 Å². The van der Waals surface area contributed by atoms with Crippen molar-refractivity contribution in [2.75, 3.05) is 6.54 Å². The molecule has 2 aromatic rings. The highest BCUT2D eigenvalue weighted by atomic mass is 16.5. The summed E-state index contributed by atoms with van der Waals surface area (Å²) in [7, 11) is 0. The third-order valence-corrected chi connectivity index (χ3v) is 5.58. The van der Waals surface area contributed by atoms with Crippen LogP contribution in [-0.2, 0) is 25.7 Å². The van der Waals surface area contributed by atoms with Crippen molar-refractivity contribution in [3.8, 4) is 11.5 Å². The summed E-state index contributed by atoms with van der Waals surface area (Å²) in [5.74, 6) is -4.96. The quantitative estimate of drug-likeness (QED) is 0.496. The van der Waals surface area contributed by atoms with Gasteiger partial charge in [-0.05, 0) is 42.7 Å². The fraction of sp³-hybridized carbons (Fsp3) is 0.333. The molecule has 3 unspecified atom stereocenters. The molecule has 0 radical (unpaired) electrons. The lowest BCUT2D eigenvalue weighted by molar-refractivity contribution is -0.159. The molecule has 1 aliphatic rings. The molecule has 0 aliphatic heterocycles. The minimum absolute atomic E-state index is 0.0444. The Bertz CT molecular complexity index is 1010. The predicted octanol–water partition coefficient (Wildman–Crippen LogP) is 2.51. The molecule has 0 spiro atoms. The summed E-state index contributed by atoms with van der Waals surface area (Å²) in [6, 6.07) is 15.6. The predicted molar refractivity (Wildman–Crippen MR) is 117 cm³/mol. The molecule has 3 rings (SSSR count). The summed E-state index contributed by atoms with van der Waals surface area (Å²) in [6.45, 7) is 2.66. The third kappa shape index (κ3) is 5.88. The van der Waals surface area contributed by atoms with Crippen LogP contribution < -0.4 is 10.1 Å². The number of amides is 2. The van der Waals surface area contributed by atoms with Gasteiger partial charge in [-0.25, -0.2) is 4.79 Å². The van der Waals surface area contributed by atoms with Gasteiger partial charge in [0.1, 0.15) is 11.5 Å². The SMILES string of the molecule is CCCN(Cc1ccc(Oc2ccccc2)cc1)C(=O)C1CC(C(=O)O)C1NC(=O)C(=O)O. The van der Waals surface area contributed by atoms with Crippen molar-refractivity contribution in [1.82, 2.24) is 10.2 Å². The van der Waals surface area contributed by atoms with Crippen LogP contribution in [0.2, 0.25) is 0 Å². The first-order valence-corrected chi connectivity index (χ1v) is 10.7. The minimum Gasteiger partial charge on any atom is -0.481 e. The van der Waals surface area contributed by atoms with Crippen molar-refractivity contribution in [3.05, 3.63) is 60.2 Å². The molecule has 0 saturated heterocycles. The molecule has 1 aliphatic carbocycles. The highest BCUT2D eigenvalue weighted by Gasteiger charge is 2.51. The average Bonchev–Trinajstić information content (AvgIpc) is 2.77. The minimum atomic E-state index is -1.72. The number of nitrogens with one attached hydrogen (secondary N) is 1. The largest absolute Gasteiger partial charge is 0.481 e. The number of rotatable bonds is 9. The van der Waals surface area contributed by atoms with Gasteiger partial charge in [-0.1, -0.05) is 37.3 Å². The molecule has 0 heterocycles. The van der Waals surface area contributed by atoms with Gasteiger partial charge in [-0.15, -0.1) is 0 Å². The molecule has 1 saturated carbocycles. The monoisotopic (exact) mass is 454 g/mol. The van der Waals surface area contributed by atoms with Crippen LogP contribution in [0, 0.1) is 11.8 Å². The standard InChI is InChI=1S/C24H26N2O7/c1-2-12-26(14-15-8-10-17(11-9-15)33-16-6-4-3-5-7-16)22(28)18-13-19(23(29)30)20(18)25-21(27)24(31)32/h3-11,18-20H,2,12-14H2,1H3,(H,25,27)(H,29,30)(H,31,32). The molecule has 0 bridgehead atoms. The van der Waals surface area contributed by atoms with E-state index in [2.05, 4.69) is 5.32 Å². The highest BCUT2D eigenvalue weighted by molar-refractivity contribution is 6.31. The lowest BCUT2D eigenvalue weighted by Crippen LogP contribution is -2.62. The maximum absolute atomic E-state index is 13.2. The molecule has 9 heteroatoms. The number of hydrogen-bond donors (Lipinski definition) is 3. The van der Waals surface area contributed by atoms with Crippen molar-refractivity contribution >= 4 is 23.8 Å². The van der Waals surface area contributed by atoms with E-state index in [0.29, 0.717) is 31.0 Å². The van der Waals surface area contributed by atoms with E-state index in [4.69, 9.17) is 9.84 Å². The molecule has 33 heavy (non-hydrogen) atoms. The molecular weight excluding hydrogens is 428 g/mol. The van der Waals surface area contributed by atoms with Gasteiger partial charge >= 0.3 is 17.8 Å². The number of ether oxygens (including phenoxy) is 1. The van der Waals surface area contributed by atoms with Gasteiger partial charge in [-0.3, -0.25) is 14.4 Å². The molecule has 3 atom stereocenters. The summed E-state index contributed by atoms with van der Waals surface area (Å²) in [5, 5.41) is 20.4. The number of para-hydroxylation sites is 1. The number of aliphatic carboxylic acids is 2. The molecule has 174 valence electrons. The van der Waals surface area contributed by atoms with Gasteiger partial charge in [0.05, 0.1) is 17.9 Å². The molecule has 2 amide bonds. The Morgan fingerprint density at radius 3 is 2.18 bits per heavy atom. The molecule has 9 nitrogen and oxygen atoms in total. The van der Waals surface area contributed by atoms with Crippen molar-refractivity contribution in [2.24, 2.45) is 11.8 Å². The van der Waals surface area contributed by atoms with Gasteiger partial charge in [0.15, 0.2) is 0 Å². The number of benzene rings is 2. The Morgan fingerprint density at radius 2 is 1.61 bits per heavy atom. The number of hydrogen-bond acceptors (Lipinski definition) is 5. The molecule has 3 N–H and O–H groups in total. The van der Waals surface area contributed by atoms with E-state index in [1.165, 1.54) is 0 Å². The average molecular weight is 454 g/mol. The zero-order valence-electron chi connectivity index (χ0n) is 18.1. The van der Waals surface area contributed by atoms with E-state index in [9.17, 15) is 24.3 Å². The van der Waals surface area contributed by atoms with Gasteiger partial charge in [0.2, 0.25) is 5.91 Å². The Balaban J connectivity index is 1.68. The maximum Gasteiger partial charge on any atom is 0.394 e. The van der Waals surface area contributed by atoms with Crippen LogP contribution in [0.5, 0.6) is 11.5 Å². The summed E-state index contributed by atoms with van der Waals surface area (Å²) >= 11 is 0. The first-order chi connectivity index (χ1) is 15.8. The lowest BCUT2D eigenvalue weighted by atomic mass is 9.68. The van der Waals surface area contributed by atoms with Gasteiger partial charge in [-0.2, -0.15) is 0 Å². The number of nitrogens with zero attached hydrogens (tertiary/aromatic N) is 1. The Hall–Kier alpha value is -3.88. The Kier molecular flexibility index (Phi) is 7.66. The van der Waals surface area contributed by atoms with Crippen LogP contribution in [0.15, 0.2) is 54.6 Å². The second-order valence-corrected chi connectivity index (χ2v) is 7.91. The zero-order chi connectivity index (χ0) is 24.0. The van der Waals surface area contributed by atoms with E-state index < -0.39 is 35.7 Å². The number of carbonyl (C=O) groups excluding carboxylic acids is 2. The molecule has 0 aromatic heterocycles. The van der Waals surface area contributed by atoms with Crippen LogP contribution in [0.25, 0.3) is 0 Å². The van der Waals surface area contributed by atoms with Crippen LogP contribution in [0.1, 0.15) is 25.3 Å². The molecule has 1 fully saturated rings. The summed E-state index contributed by atoms with van der Waals surface area (Å²) in [6.07, 6.45) is 0.727. The molecular formula is C24H26N2O7. The van der Waals surface area contributed by atoms with E-state index in [1.54, 1.807) is 17.0 Å². The van der Waals surface area contributed by atoms with Gasteiger partial charge < -0.3 is 25.2 Å². The van der Waals surface area contributed by atoms with Crippen molar-refractivity contribution < 1.29 is 34.1 Å². The Morgan fingerprint density at radius 1 is 0.970 bits per heavy atom. The van der Waals surface area contributed by atoms with Gasteiger partial charge in [0.25, 0.3) is 0 Å². The third-order valence-electron chi connectivity index (χ3n) is 5.58. The maximum atomic E-state index is 13.2. The first-order valence-electron chi connectivity index (χ1n) is 10.7. The fourth-order valence-corrected chi connectivity index (χ4v) is 3.85. The van der Waals surface area contributed by atoms with Crippen LogP contribution in [0.4, 0.5) is 0 Å². The van der Waals surface area contributed by atoms with Crippen LogP contribution in [-0.4, -0.2) is 51.5 Å². The van der Waals surface area contributed by atoms with Crippen molar-refractivity contribution in [1.29, 1.82) is 0 Å². The topological polar surface area (TPSA) is 133 Å².